The molecule has 0 unspecified atom stereocenters. The van der Waals surface area contributed by atoms with Gasteiger partial charge in [-0.3, -0.25) is 0 Å². The number of sulfonamides is 1. The summed E-state index contributed by atoms with van der Waals surface area (Å²) in [5.41, 5.74) is -0.663. The Morgan fingerprint density at radius 3 is 2.40 bits per heavy atom. The van der Waals surface area contributed by atoms with Crippen LogP contribution in [0.4, 0.5) is 13.2 Å². The van der Waals surface area contributed by atoms with Crippen LogP contribution in [-0.2, 0) is 10.0 Å². The Morgan fingerprint density at radius 2 is 1.90 bits per heavy atom. The van der Waals surface area contributed by atoms with E-state index in [1.807, 2.05) is 0 Å². The summed E-state index contributed by atoms with van der Waals surface area (Å²) in [5, 5.41) is 17.9. The Labute approximate surface area is 111 Å². The predicted molar refractivity (Wildman–Crippen MR) is 60.9 cm³/mol. The minimum Gasteiger partial charge on any atom is -0.507 e. The number of hydrogen-bond acceptors (Lipinski definition) is 4. The van der Waals surface area contributed by atoms with Crippen LogP contribution in [0.1, 0.15) is 16.8 Å². The Bertz CT molecular complexity index is 612. The zero-order valence-electron chi connectivity index (χ0n) is 9.81. The van der Waals surface area contributed by atoms with Gasteiger partial charge in [0.15, 0.2) is 0 Å². The first-order valence-corrected chi connectivity index (χ1v) is 6.64. The number of nitrogens with one attached hydrogen (secondary N) is 1. The average Bonchev–Trinajstić information content (AvgIpc) is 2.26. The molecule has 20 heavy (non-hydrogen) atoms. The second-order valence-corrected chi connectivity index (χ2v) is 5.51. The maximum absolute atomic E-state index is 11.9. The highest BCUT2D eigenvalue weighted by Crippen LogP contribution is 2.22. The summed E-state index contributed by atoms with van der Waals surface area (Å²) in [4.78, 5) is 10.2. The molecule has 1 aromatic rings. The summed E-state index contributed by atoms with van der Waals surface area (Å²) in [6.45, 7) is -0.866. The van der Waals surface area contributed by atoms with Gasteiger partial charge < -0.3 is 10.2 Å². The van der Waals surface area contributed by atoms with Crippen molar-refractivity contribution in [1.82, 2.24) is 4.72 Å². The zero-order chi connectivity index (χ0) is 15.6. The molecule has 1 aromatic carbocycles. The minimum absolute atomic E-state index is 0.546. The number of rotatable bonds is 5. The highest BCUT2D eigenvalue weighted by molar-refractivity contribution is 7.89. The summed E-state index contributed by atoms with van der Waals surface area (Å²) in [6, 6.07) is 2.38. The molecule has 0 radical (unpaired) electrons. The molecule has 0 aliphatic heterocycles. The number of halogens is 3. The SMILES string of the molecule is O=C(O)c1cc(S(=O)(=O)NCCC(F)(F)F)ccc1O. The number of hydrogen-bond donors (Lipinski definition) is 3. The lowest BCUT2D eigenvalue weighted by molar-refractivity contribution is -0.132. The third-order valence-corrected chi connectivity index (χ3v) is 3.67. The molecule has 0 spiro atoms. The molecule has 0 bridgehead atoms. The van der Waals surface area contributed by atoms with Crippen LogP contribution >= 0.6 is 0 Å². The van der Waals surface area contributed by atoms with Crippen LogP contribution < -0.4 is 4.72 Å². The van der Waals surface area contributed by atoms with Crippen LogP contribution in [0.3, 0.4) is 0 Å². The number of alkyl halides is 3. The van der Waals surface area contributed by atoms with Gasteiger partial charge in [0, 0.05) is 6.54 Å². The van der Waals surface area contributed by atoms with Gasteiger partial charge >= 0.3 is 12.1 Å². The van der Waals surface area contributed by atoms with Crippen molar-refractivity contribution in [2.24, 2.45) is 0 Å². The number of carboxylic acids is 1. The number of carboxylic acid groups (broad SMARTS) is 1. The molecule has 1 rings (SSSR count). The second kappa shape index (κ2) is 5.67. The monoisotopic (exact) mass is 313 g/mol. The quantitative estimate of drug-likeness (QED) is 0.760. The van der Waals surface area contributed by atoms with Gasteiger partial charge in [-0.2, -0.15) is 13.2 Å². The molecule has 0 heterocycles. The molecule has 0 aliphatic carbocycles. The van der Waals surface area contributed by atoms with Gasteiger partial charge in [0.1, 0.15) is 11.3 Å². The lowest BCUT2D eigenvalue weighted by Crippen LogP contribution is -2.28. The third kappa shape index (κ3) is 4.38. The van der Waals surface area contributed by atoms with E-state index >= 15 is 0 Å². The molecule has 0 saturated carbocycles. The topological polar surface area (TPSA) is 104 Å². The molecule has 0 atom stereocenters. The molecule has 0 aliphatic rings. The number of phenols is 1. The van der Waals surface area contributed by atoms with Crippen LogP contribution in [0, 0.1) is 0 Å². The molecule has 3 N–H and O–H groups in total. The number of aromatic hydroxyl groups is 1. The first-order valence-electron chi connectivity index (χ1n) is 5.16. The van der Waals surface area contributed by atoms with Crippen molar-refractivity contribution < 1.29 is 36.6 Å². The van der Waals surface area contributed by atoms with Crippen molar-refractivity contribution >= 4 is 16.0 Å². The van der Waals surface area contributed by atoms with Crippen LogP contribution in [0.2, 0.25) is 0 Å². The lowest BCUT2D eigenvalue weighted by Gasteiger charge is -2.09. The second-order valence-electron chi connectivity index (χ2n) is 3.75. The molecule has 0 saturated heterocycles. The molecular formula is C10H10F3NO5S. The maximum Gasteiger partial charge on any atom is 0.390 e. The van der Waals surface area contributed by atoms with Gasteiger partial charge in [-0.05, 0) is 18.2 Å². The van der Waals surface area contributed by atoms with E-state index in [-0.39, 0.29) is 0 Å². The van der Waals surface area contributed by atoms with Crippen molar-refractivity contribution in [2.75, 3.05) is 6.54 Å². The average molecular weight is 313 g/mol. The largest absolute Gasteiger partial charge is 0.507 e. The summed E-state index contributed by atoms with van der Waals surface area (Å²) in [7, 11) is -4.28. The number of benzene rings is 1. The predicted octanol–water partition coefficient (Wildman–Crippen LogP) is 1.32. The van der Waals surface area contributed by atoms with E-state index < -0.39 is 51.3 Å². The summed E-state index contributed by atoms with van der Waals surface area (Å²) >= 11 is 0. The van der Waals surface area contributed by atoms with E-state index in [2.05, 4.69) is 0 Å². The summed E-state index contributed by atoms with van der Waals surface area (Å²) < 4.78 is 60.7. The molecule has 112 valence electrons. The smallest absolute Gasteiger partial charge is 0.390 e. The fraction of sp³-hybridized carbons (Fsp3) is 0.300. The third-order valence-electron chi connectivity index (χ3n) is 2.21. The van der Waals surface area contributed by atoms with E-state index in [0.29, 0.717) is 6.07 Å². The van der Waals surface area contributed by atoms with Crippen molar-refractivity contribution in [3.05, 3.63) is 23.8 Å². The molecule has 0 amide bonds. The highest BCUT2D eigenvalue weighted by Gasteiger charge is 2.28. The zero-order valence-corrected chi connectivity index (χ0v) is 10.6. The van der Waals surface area contributed by atoms with Crippen molar-refractivity contribution in [2.45, 2.75) is 17.5 Å². The fourth-order valence-electron chi connectivity index (χ4n) is 1.26. The van der Waals surface area contributed by atoms with Gasteiger partial charge in [0.05, 0.1) is 11.3 Å². The number of aromatic carboxylic acids is 1. The Kier molecular flexibility index (Phi) is 4.61. The fourth-order valence-corrected chi connectivity index (χ4v) is 2.32. The van der Waals surface area contributed by atoms with Gasteiger partial charge in [0.25, 0.3) is 0 Å². The normalized spacial score (nSPS) is 12.3. The van der Waals surface area contributed by atoms with Gasteiger partial charge in [-0.15, -0.1) is 0 Å². The molecule has 10 heteroatoms. The summed E-state index contributed by atoms with van der Waals surface area (Å²) in [6.07, 6.45) is -5.86. The van der Waals surface area contributed by atoms with E-state index in [1.54, 1.807) is 4.72 Å². The van der Waals surface area contributed by atoms with Crippen LogP contribution in [0.15, 0.2) is 23.1 Å². The van der Waals surface area contributed by atoms with E-state index in [1.165, 1.54) is 0 Å². The molecule has 0 aromatic heterocycles. The maximum atomic E-state index is 11.9. The van der Waals surface area contributed by atoms with E-state index in [9.17, 15) is 31.5 Å². The van der Waals surface area contributed by atoms with Gasteiger partial charge in [0.2, 0.25) is 10.0 Å². The van der Waals surface area contributed by atoms with Gasteiger partial charge in [-0.25, -0.2) is 17.9 Å². The van der Waals surface area contributed by atoms with Crippen molar-refractivity contribution in [3.63, 3.8) is 0 Å². The Morgan fingerprint density at radius 1 is 1.30 bits per heavy atom. The number of carbonyl (C=O) groups is 1. The van der Waals surface area contributed by atoms with Crippen LogP contribution in [0.25, 0.3) is 0 Å². The van der Waals surface area contributed by atoms with Crippen LogP contribution in [0.5, 0.6) is 5.75 Å². The highest BCUT2D eigenvalue weighted by atomic mass is 32.2. The van der Waals surface area contributed by atoms with Gasteiger partial charge in [-0.1, -0.05) is 0 Å². The first-order chi connectivity index (χ1) is 9.03. The van der Waals surface area contributed by atoms with Crippen molar-refractivity contribution in [3.8, 4) is 5.75 Å². The Hall–Kier alpha value is -1.81. The first kappa shape index (κ1) is 16.2. The van der Waals surface area contributed by atoms with Crippen molar-refractivity contribution in [1.29, 1.82) is 0 Å². The van der Waals surface area contributed by atoms with E-state index in [4.69, 9.17) is 5.11 Å². The Balaban J connectivity index is 2.93. The summed E-state index contributed by atoms with van der Waals surface area (Å²) in [5.74, 6) is -2.21. The molecular weight excluding hydrogens is 303 g/mol. The molecule has 6 nitrogen and oxygen atoms in total. The lowest BCUT2D eigenvalue weighted by atomic mass is 10.2. The van der Waals surface area contributed by atoms with Crippen LogP contribution in [-0.4, -0.2) is 37.3 Å². The molecule has 0 fully saturated rings. The standard InChI is InChI=1S/C10H10F3NO5S/c11-10(12,13)3-4-14-20(18,19)6-1-2-8(15)7(5-6)9(16)17/h1-2,5,14-15H,3-4H2,(H,16,17). The van der Waals surface area contributed by atoms with E-state index in [0.717, 1.165) is 12.1 Å². The minimum atomic E-state index is -4.51.